The summed E-state index contributed by atoms with van der Waals surface area (Å²) in [5, 5.41) is 12.4. The molecule has 0 radical (unpaired) electrons. The summed E-state index contributed by atoms with van der Waals surface area (Å²) in [6.07, 6.45) is 2.03. The summed E-state index contributed by atoms with van der Waals surface area (Å²) in [5.74, 6) is -0.548. The number of halogens is 1. The Morgan fingerprint density at radius 2 is 2.29 bits per heavy atom. The van der Waals surface area contributed by atoms with Crippen molar-refractivity contribution in [1.29, 1.82) is 0 Å². The van der Waals surface area contributed by atoms with Crippen molar-refractivity contribution in [2.24, 2.45) is 0 Å². The molecule has 2 aliphatic rings. The van der Waals surface area contributed by atoms with Gasteiger partial charge in [-0.1, -0.05) is 6.07 Å². The molecule has 5 nitrogen and oxygen atoms in total. The first-order valence-corrected chi connectivity index (χ1v) is 7.23. The van der Waals surface area contributed by atoms with Crippen LogP contribution in [0.25, 0.3) is 0 Å². The molecule has 1 aromatic carbocycles. The van der Waals surface area contributed by atoms with E-state index in [1.807, 2.05) is 4.90 Å². The van der Waals surface area contributed by atoms with Crippen LogP contribution < -0.4 is 10.2 Å². The van der Waals surface area contributed by atoms with Gasteiger partial charge in [-0.05, 0) is 25.0 Å². The molecule has 2 fully saturated rings. The molecule has 0 aromatic heterocycles. The zero-order valence-electron chi connectivity index (χ0n) is 11.7. The van der Waals surface area contributed by atoms with Gasteiger partial charge in [-0.3, -0.25) is 4.79 Å². The van der Waals surface area contributed by atoms with Crippen LogP contribution in [-0.2, 0) is 16.1 Å². The van der Waals surface area contributed by atoms with E-state index in [2.05, 4.69) is 5.32 Å². The van der Waals surface area contributed by atoms with Crippen LogP contribution in [0.3, 0.4) is 0 Å². The second-order valence-corrected chi connectivity index (χ2v) is 5.46. The summed E-state index contributed by atoms with van der Waals surface area (Å²) < 4.78 is 19.2. The third-order valence-electron chi connectivity index (χ3n) is 3.92. The number of rotatable bonds is 4. The Balaban J connectivity index is 1.86. The van der Waals surface area contributed by atoms with Gasteiger partial charge in [0.05, 0.1) is 19.8 Å². The number of nitrogens with one attached hydrogen (secondary N) is 1. The lowest BCUT2D eigenvalue weighted by molar-refractivity contribution is -0.124. The van der Waals surface area contributed by atoms with Crippen LogP contribution in [0.4, 0.5) is 10.1 Å². The molecule has 1 atom stereocenters. The van der Waals surface area contributed by atoms with Crippen molar-refractivity contribution >= 4 is 11.6 Å². The van der Waals surface area contributed by atoms with Gasteiger partial charge in [0.15, 0.2) is 0 Å². The average Bonchev–Trinajstić information content (AvgIpc) is 3.31. The molecular weight excluding hydrogens is 275 g/mol. The lowest BCUT2D eigenvalue weighted by Crippen LogP contribution is -2.54. The smallest absolute Gasteiger partial charge is 0.245 e. The number of hydrogen-bond acceptors (Lipinski definition) is 4. The van der Waals surface area contributed by atoms with E-state index in [9.17, 15) is 14.3 Å². The van der Waals surface area contributed by atoms with Crippen LogP contribution >= 0.6 is 0 Å². The minimum Gasteiger partial charge on any atom is -0.391 e. The molecule has 21 heavy (non-hydrogen) atoms. The Hall–Kier alpha value is -1.66. The highest BCUT2D eigenvalue weighted by molar-refractivity contribution is 5.86. The topological polar surface area (TPSA) is 61.8 Å². The maximum Gasteiger partial charge on any atom is 0.245 e. The molecule has 1 aromatic rings. The number of anilines is 1. The molecular formula is C15H19FN2O3. The second-order valence-electron chi connectivity index (χ2n) is 5.46. The van der Waals surface area contributed by atoms with Crippen molar-refractivity contribution in [3.05, 3.63) is 29.6 Å². The molecule has 1 unspecified atom stereocenters. The molecule has 1 saturated carbocycles. The van der Waals surface area contributed by atoms with Crippen molar-refractivity contribution in [3.63, 3.8) is 0 Å². The number of carbonyl (C=O) groups excluding carboxylic acids is 1. The highest BCUT2D eigenvalue weighted by atomic mass is 19.1. The minimum absolute atomic E-state index is 0.0923. The molecule has 6 heteroatoms. The van der Waals surface area contributed by atoms with Crippen LogP contribution in [0.5, 0.6) is 0 Å². The first-order valence-electron chi connectivity index (χ1n) is 7.23. The van der Waals surface area contributed by atoms with Gasteiger partial charge in [0.25, 0.3) is 0 Å². The standard InChI is InChI=1S/C15H19FN2O3/c16-12-2-1-3-13(11(12)8-19)18-6-7-21-9-14(18)15(20)17-10-4-5-10/h1-3,10,14,19H,4-9H2,(H,17,20). The van der Waals surface area contributed by atoms with Crippen LogP contribution in [-0.4, -0.2) is 42.9 Å². The lowest BCUT2D eigenvalue weighted by Gasteiger charge is -2.37. The molecule has 3 rings (SSSR count). The number of ether oxygens (including phenoxy) is 1. The Morgan fingerprint density at radius 1 is 1.48 bits per heavy atom. The fourth-order valence-corrected chi connectivity index (χ4v) is 2.61. The first kappa shape index (κ1) is 14.3. The van der Waals surface area contributed by atoms with Gasteiger partial charge in [0, 0.05) is 23.8 Å². The van der Waals surface area contributed by atoms with Crippen molar-refractivity contribution in [2.75, 3.05) is 24.7 Å². The van der Waals surface area contributed by atoms with Gasteiger partial charge in [0.2, 0.25) is 5.91 Å². The Bertz CT molecular complexity index is 534. The normalized spacial score (nSPS) is 22.2. The van der Waals surface area contributed by atoms with Gasteiger partial charge >= 0.3 is 0 Å². The van der Waals surface area contributed by atoms with Crippen molar-refractivity contribution in [3.8, 4) is 0 Å². The van der Waals surface area contributed by atoms with Gasteiger partial charge in [-0.15, -0.1) is 0 Å². The molecule has 1 aliphatic carbocycles. The van der Waals surface area contributed by atoms with Crippen LogP contribution in [0.15, 0.2) is 18.2 Å². The highest BCUT2D eigenvalue weighted by Crippen LogP contribution is 2.27. The summed E-state index contributed by atoms with van der Waals surface area (Å²) in [6.45, 7) is 0.865. The summed E-state index contributed by atoms with van der Waals surface area (Å²) in [4.78, 5) is 14.2. The van der Waals surface area contributed by atoms with E-state index in [0.717, 1.165) is 12.8 Å². The summed E-state index contributed by atoms with van der Waals surface area (Å²) >= 11 is 0. The molecule has 0 spiro atoms. The number of aliphatic hydroxyl groups excluding tert-OH is 1. The van der Waals surface area contributed by atoms with Crippen LogP contribution in [0.2, 0.25) is 0 Å². The van der Waals surface area contributed by atoms with Gasteiger partial charge in [-0.2, -0.15) is 0 Å². The minimum atomic E-state index is -0.480. The Kier molecular flexibility index (Phi) is 4.07. The number of morpholine rings is 1. The summed E-state index contributed by atoms with van der Waals surface area (Å²) in [5.41, 5.74) is 0.792. The largest absolute Gasteiger partial charge is 0.391 e. The fraction of sp³-hybridized carbons (Fsp3) is 0.533. The third kappa shape index (κ3) is 3.01. The zero-order valence-corrected chi connectivity index (χ0v) is 11.7. The molecule has 1 heterocycles. The van der Waals surface area contributed by atoms with Crippen molar-refractivity contribution < 1.29 is 19.0 Å². The van der Waals surface area contributed by atoms with Crippen molar-refractivity contribution in [2.45, 2.75) is 31.5 Å². The van der Waals surface area contributed by atoms with Gasteiger partial charge in [0.1, 0.15) is 11.9 Å². The van der Waals surface area contributed by atoms with E-state index in [1.165, 1.54) is 6.07 Å². The maximum atomic E-state index is 13.8. The molecule has 1 aliphatic heterocycles. The average molecular weight is 294 g/mol. The molecule has 2 N–H and O–H groups in total. The number of carbonyl (C=O) groups is 1. The Morgan fingerprint density at radius 3 is 3.00 bits per heavy atom. The molecule has 0 bridgehead atoms. The SMILES string of the molecule is O=C(NC1CC1)C1COCCN1c1cccc(F)c1CO. The number of nitrogens with zero attached hydrogens (tertiary/aromatic N) is 1. The van der Waals surface area contributed by atoms with E-state index in [4.69, 9.17) is 4.74 Å². The zero-order chi connectivity index (χ0) is 14.8. The number of aliphatic hydroxyl groups is 1. The van der Waals surface area contributed by atoms with E-state index >= 15 is 0 Å². The van der Waals surface area contributed by atoms with Gasteiger partial charge in [-0.25, -0.2) is 4.39 Å². The molecule has 1 amide bonds. The monoisotopic (exact) mass is 294 g/mol. The van der Waals surface area contributed by atoms with Crippen molar-refractivity contribution in [1.82, 2.24) is 5.32 Å². The number of amides is 1. The quantitative estimate of drug-likeness (QED) is 0.862. The van der Waals surface area contributed by atoms with E-state index in [1.54, 1.807) is 12.1 Å². The number of benzene rings is 1. The van der Waals surface area contributed by atoms with E-state index in [0.29, 0.717) is 18.8 Å². The maximum absolute atomic E-state index is 13.8. The first-order chi connectivity index (χ1) is 10.2. The predicted octanol–water partition coefficient (Wildman–Crippen LogP) is 0.802. The Labute approximate surface area is 122 Å². The summed E-state index contributed by atoms with van der Waals surface area (Å²) in [6, 6.07) is 4.43. The second kappa shape index (κ2) is 5.99. The van der Waals surface area contributed by atoms with E-state index in [-0.39, 0.29) is 24.1 Å². The van der Waals surface area contributed by atoms with Crippen LogP contribution in [0.1, 0.15) is 18.4 Å². The van der Waals surface area contributed by atoms with Crippen LogP contribution in [0, 0.1) is 5.82 Å². The van der Waals surface area contributed by atoms with E-state index < -0.39 is 18.5 Å². The molecule has 114 valence electrons. The third-order valence-corrected chi connectivity index (χ3v) is 3.92. The summed E-state index contributed by atoms with van der Waals surface area (Å²) in [7, 11) is 0. The highest BCUT2D eigenvalue weighted by Gasteiger charge is 2.34. The number of hydrogen-bond donors (Lipinski definition) is 2. The lowest BCUT2D eigenvalue weighted by atomic mass is 10.1. The predicted molar refractivity (Wildman–Crippen MR) is 75.4 cm³/mol. The van der Waals surface area contributed by atoms with Gasteiger partial charge < -0.3 is 20.1 Å². The molecule has 1 saturated heterocycles. The fourth-order valence-electron chi connectivity index (χ4n) is 2.61.